The van der Waals surface area contributed by atoms with E-state index < -0.39 is 29.3 Å². The van der Waals surface area contributed by atoms with Gasteiger partial charge in [-0.1, -0.05) is 6.92 Å². The number of hydrogen-bond donors (Lipinski definition) is 2. The summed E-state index contributed by atoms with van der Waals surface area (Å²) in [6.45, 7) is 1.94. The number of rotatable bonds is 4. The van der Waals surface area contributed by atoms with Crippen LogP contribution in [0.4, 0.5) is 9.18 Å². The van der Waals surface area contributed by atoms with Crippen molar-refractivity contribution < 1.29 is 24.2 Å². The van der Waals surface area contributed by atoms with E-state index in [1.165, 1.54) is 17.0 Å². The van der Waals surface area contributed by atoms with E-state index in [4.69, 9.17) is 0 Å². The third-order valence-corrected chi connectivity index (χ3v) is 4.90. The molecule has 0 saturated carbocycles. The van der Waals surface area contributed by atoms with Gasteiger partial charge in [0, 0.05) is 19.0 Å². The number of piperidine rings is 1. The molecule has 1 aliphatic rings. The summed E-state index contributed by atoms with van der Waals surface area (Å²) in [6, 6.07) is 2.30. The van der Waals surface area contributed by atoms with E-state index in [2.05, 4.69) is 20.9 Å². The van der Waals surface area contributed by atoms with Crippen LogP contribution in [0.3, 0.4) is 0 Å². The predicted molar refractivity (Wildman–Crippen MR) is 83.7 cm³/mol. The Morgan fingerprint density at radius 1 is 1.48 bits per heavy atom. The van der Waals surface area contributed by atoms with E-state index in [1.807, 2.05) is 6.92 Å². The maximum absolute atomic E-state index is 14.0. The summed E-state index contributed by atoms with van der Waals surface area (Å²) in [7, 11) is 0. The van der Waals surface area contributed by atoms with Crippen LogP contribution in [0.1, 0.15) is 31.9 Å². The molecule has 2 N–H and O–H groups in total. The van der Waals surface area contributed by atoms with Crippen molar-refractivity contribution in [1.82, 2.24) is 9.88 Å². The van der Waals surface area contributed by atoms with E-state index in [0.29, 0.717) is 11.0 Å². The van der Waals surface area contributed by atoms with Gasteiger partial charge in [-0.05, 0) is 47.3 Å². The lowest BCUT2D eigenvalue weighted by Gasteiger charge is -2.43. The number of likely N-dealkylation sites (tertiary alicyclic amines) is 1. The minimum atomic E-state index is -1.21. The zero-order valence-corrected chi connectivity index (χ0v) is 14.2. The van der Waals surface area contributed by atoms with Gasteiger partial charge in [-0.15, -0.1) is 0 Å². The fourth-order valence-electron chi connectivity index (χ4n) is 3.13. The largest absolute Gasteiger partial charge is 0.481 e. The minimum absolute atomic E-state index is 0.0580. The fourth-order valence-corrected chi connectivity index (χ4v) is 3.48. The van der Waals surface area contributed by atoms with Gasteiger partial charge in [0.25, 0.3) is 0 Å². The molecule has 1 amide bonds. The van der Waals surface area contributed by atoms with Gasteiger partial charge in [0.15, 0.2) is 0 Å². The highest BCUT2D eigenvalue weighted by molar-refractivity contribution is 9.10. The molecule has 6 nitrogen and oxygen atoms in total. The first-order valence-electron chi connectivity index (χ1n) is 7.33. The van der Waals surface area contributed by atoms with Crippen LogP contribution in [0.15, 0.2) is 16.7 Å². The van der Waals surface area contributed by atoms with Crippen molar-refractivity contribution in [3.63, 3.8) is 0 Å². The summed E-state index contributed by atoms with van der Waals surface area (Å²) in [5.41, 5.74) is -1.12. The van der Waals surface area contributed by atoms with Crippen molar-refractivity contribution >= 4 is 28.0 Å². The zero-order valence-electron chi connectivity index (χ0n) is 12.6. The van der Waals surface area contributed by atoms with Crippen LogP contribution in [0.5, 0.6) is 0 Å². The van der Waals surface area contributed by atoms with Gasteiger partial charge in [0.1, 0.15) is 10.4 Å². The Morgan fingerprint density at radius 2 is 2.17 bits per heavy atom. The lowest BCUT2D eigenvalue weighted by molar-refractivity contribution is -0.153. The second-order valence-electron chi connectivity index (χ2n) is 5.82. The zero-order chi connectivity index (χ0) is 17.2. The van der Waals surface area contributed by atoms with Gasteiger partial charge in [-0.25, -0.2) is 14.2 Å². The number of nitrogens with zero attached hydrogens (tertiary/aromatic N) is 2. The van der Waals surface area contributed by atoms with Gasteiger partial charge in [0.2, 0.25) is 0 Å². The van der Waals surface area contributed by atoms with Crippen LogP contribution in [-0.2, 0) is 11.2 Å². The number of carbonyl (C=O) groups is 2. The third-order valence-electron chi connectivity index (χ3n) is 4.46. The monoisotopic (exact) mass is 388 g/mol. The highest BCUT2D eigenvalue weighted by Gasteiger charge is 2.47. The first kappa shape index (κ1) is 17.7. The molecule has 2 atom stereocenters. The van der Waals surface area contributed by atoms with E-state index in [-0.39, 0.29) is 31.5 Å². The minimum Gasteiger partial charge on any atom is -0.481 e. The van der Waals surface area contributed by atoms with E-state index in [0.717, 1.165) is 0 Å². The quantitative estimate of drug-likeness (QED) is 0.773. The molecule has 0 spiro atoms. The molecule has 1 aromatic rings. The number of carboxylic acid groups (broad SMARTS) is 2. The smallest absolute Gasteiger partial charge is 0.407 e. The average Bonchev–Trinajstić information content (AvgIpc) is 2.50. The molecular formula is C15H18BrFN2O4. The first-order valence-corrected chi connectivity index (χ1v) is 8.12. The van der Waals surface area contributed by atoms with Gasteiger partial charge >= 0.3 is 12.1 Å². The SMILES string of the molecule is CCC1CC(Cc2nc(Br)ccc2F)(C(=O)O)CCN1C(=O)O. The summed E-state index contributed by atoms with van der Waals surface area (Å²) < 4.78 is 14.4. The summed E-state index contributed by atoms with van der Waals surface area (Å²) in [4.78, 5) is 28.5. The molecule has 0 aliphatic carbocycles. The fraction of sp³-hybridized carbons (Fsp3) is 0.533. The lowest BCUT2D eigenvalue weighted by atomic mass is 9.71. The number of hydrogen-bond acceptors (Lipinski definition) is 3. The maximum atomic E-state index is 14.0. The number of aliphatic carboxylic acids is 1. The Hall–Kier alpha value is -1.70. The Kier molecular flexibility index (Phi) is 5.23. The molecule has 1 saturated heterocycles. The molecule has 1 aromatic heterocycles. The number of carboxylic acids is 1. The van der Waals surface area contributed by atoms with Crippen LogP contribution in [0.25, 0.3) is 0 Å². The Balaban J connectivity index is 2.32. The Labute approximate surface area is 141 Å². The van der Waals surface area contributed by atoms with Crippen LogP contribution in [-0.4, -0.2) is 44.7 Å². The Bertz CT molecular complexity index is 627. The van der Waals surface area contributed by atoms with Crippen LogP contribution in [0.2, 0.25) is 0 Å². The third kappa shape index (κ3) is 3.63. The predicted octanol–water partition coefficient (Wildman–Crippen LogP) is 3.15. The Morgan fingerprint density at radius 3 is 2.74 bits per heavy atom. The second kappa shape index (κ2) is 6.82. The molecule has 2 heterocycles. The molecule has 0 radical (unpaired) electrons. The van der Waals surface area contributed by atoms with Gasteiger partial charge in [-0.3, -0.25) is 4.79 Å². The van der Waals surface area contributed by atoms with Crippen molar-refractivity contribution in [1.29, 1.82) is 0 Å². The van der Waals surface area contributed by atoms with Crippen molar-refractivity contribution in [3.8, 4) is 0 Å². The van der Waals surface area contributed by atoms with Gasteiger partial charge in [0.05, 0.1) is 11.1 Å². The van der Waals surface area contributed by atoms with Crippen molar-refractivity contribution in [3.05, 3.63) is 28.2 Å². The van der Waals surface area contributed by atoms with E-state index >= 15 is 0 Å². The van der Waals surface area contributed by atoms with Crippen LogP contribution < -0.4 is 0 Å². The molecule has 8 heteroatoms. The molecule has 2 rings (SSSR count). The van der Waals surface area contributed by atoms with Gasteiger partial charge < -0.3 is 15.1 Å². The van der Waals surface area contributed by atoms with Crippen molar-refractivity contribution in [2.24, 2.45) is 5.41 Å². The van der Waals surface area contributed by atoms with Crippen molar-refractivity contribution in [2.75, 3.05) is 6.54 Å². The highest BCUT2D eigenvalue weighted by Crippen LogP contribution is 2.39. The van der Waals surface area contributed by atoms with Crippen LogP contribution >= 0.6 is 15.9 Å². The molecule has 0 aromatic carbocycles. The number of halogens is 2. The molecule has 126 valence electrons. The standard InChI is InChI=1S/C15H18BrFN2O4/c1-2-9-7-15(13(20)21,5-6-19(9)14(22)23)8-11-10(17)3-4-12(16)18-11/h3-4,9H,2,5-8H2,1H3,(H,20,21)(H,22,23). The van der Waals surface area contributed by atoms with E-state index in [9.17, 15) is 24.2 Å². The molecule has 23 heavy (non-hydrogen) atoms. The first-order chi connectivity index (χ1) is 10.8. The molecule has 0 bridgehead atoms. The van der Waals surface area contributed by atoms with Gasteiger partial charge in [-0.2, -0.15) is 0 Å². The van der Waals surface area contributed by atoms with Crippen molar-refractivity contribution in [2.45, 2.75) is 38.6 Å². The summed E-state index contributed by atoms with van der Waals surface area (Å²) >= 11 is 3.16. The number of pyridine rings is 1. The topological polar surface area (TPSA) is 90.7 Å². The summed E-state index contributed by atoms with van der Waals surface area (Å²) in [5, 5.41) is 18.9. The maximum Gasteiger partial charge on any atom is 0.407 e. The molecule has 1 fully saturated rings. The van der Waals surface area contributed by atoms with E-state index in [1.54, 1.807) is 0 Å². The summed E-state index contributed by atoms with van der Waals surface area (Å²) in [6.07, 6.45) is -0.312. The highest BCUT2D eigenvalue weighted by atomic mass is 79.9. The lowest BCUT2D eigenvalue weighted by Crippen LogP contribution is -2.52. The number of aromatic nitrogens is 1. The summed E-state index contributed by atoms with van der Waals surface area (Å²) in [5.74, 6) is -1.59. The normalized spacial score (nSPS) is 24.5. The molecular weight excluding hydrogens is 371 g/mol. The molecule has 2 unspecified atom stereocenters. The average molecular weight is 389 g/mol. The number of amides is 1. The second-order valence-corrected chi connectivity index (χ2v) is 6.63. The van der Waals surface area contributed by atoms with Crippen LogP contribution in [0, 0.1) is 11.2 Å². The molecule has 1 aliphatic heterocycles.